The summed E-state index contributed by atoms with van der Waals surface area (Å²) in [5.74, 6) is 0. The van der Waals surface area contributed by atoms with Crippen molar-refractivity contribution in [3.8, 4) is 11.3 Å². The number of benzene rings is 3. The van der Waals surface area contributed by atoms with E-state index in [1.165, 1.54) is 42.1 Å². The highest BCUT2D eigenvalue weighted by atomic mass is 32.1. The van der Waals surface area contributed by atoms with Crippen LogP contribution < -0.4 is 0 Å². The molecule has 0 aliphatic carbocycles. The van der Waals surface area contributed by atoms with Crippen molar-refractivity contribution >= 4 is 53.3 Å². The first-order chi connectivity index (χ1) is 14.5. The molecule has 3 heterocycles. The third-order valence-corrected chi connectivity index (χ3v) is 7.15. The maximum atomic E-state index is 5.82. The van der Waals surface area contributed by atoms with Gasteiger partial charge in [0.2, 0.25) is 0 Å². The molecule has 0 aliphatic rings. The lowest BCUT2D eigenvalue weighted by Gasteiger charge is -2.22. The minimum Gasteiger partial charge on any atom is -0.463 e. The normalized spacial score (nSPS) is 12.5. The van der Waals surface area contributed by atoms with Gasteiger partial charge in [-0.2, -0.15) is 0 Å². The van der Waals surface area contributed by atoms with Gasteiger partial charge in [0.25, 0.3) is 0 Å². The third-order valence-electron chi connectivity index (χ3n) is 5.92. The largest absolute Gasteiger partial charge is 0.463 e. The summed E-state index contributed by atoms with van der Waals surface area (Å²) in [5, 5.41) is 6.19. The standard InChI is InChI=1S/C27H21NOS/c1-27(2,3)22-15-18(14-17-6-4-5-7-19(17)22)23-25-21(10-12-28-23)20-9-8-16-11-13-29-24(16)26(20)30-25/h4-15H,1-3H3. The van der Waals surface area contributed by atoms with Crippen LogP contribution in [0.2, 0.25) is 0 Å². The molecule has 0 saturated carbocycles. The van der Waals surface area contributed by atoms with Crippen LogP contribution in [0, 0.1) is 0 Å². The monoisotopic (exact) mass is 407 g/mol. The molecule has 146 valence electrons. The lowest BCUT2D eigenvalue weighted by atomic mass is 9.82. The molecule has 3 aromatic carbocycles. The second kappa shape index (κ2) is 6.16. The summed E-state index contributed by atoms with van der Waals surface area (Å²) in [6, 6.07) is 21.8. The minimum absolute atomic E-state index is 0.0456. The lowest BCUT2D eigenvalue weighted by Crippen LogP contribution is -2.12. The zero-order valence-corrected chi connectivity index (χ0v) is 18.0. The van der Waals surface area contributed by atoms with Crippen molar-refractivity contribution in [3.63, 3.8) is 0 Å². The molecule has 0 aliphatic heterocycles. The first-order valence-electron chi connectivity index (χ1n) is 10.2. The summed E-state index contributed by atoms with van der Waals surface area (Å²) in [7, 11) is 0. The van der Waals surface area contributed by atoms with Gasteiger partial charge in [-0.1, -0.05) is 57.2 Å². The zero-order chi connectivity index (χ0) is 20.5. The molecule has 0 atom stereocenters. The van der Waals surface area contributed by atoms with Gasteiger partial charge >= 0.3 is 0 Å². The molecule has 30 heavy (non-hydrogen) atoms. The highest BCUT2D eigenvalue weighted by molar-refractivity contribution is 7.27. The molecule has 3 aromatic heterocycles. The van der Waals surface area contributed by atoms with Crippen molar-refractivity contribution in [1.82, 2.24) is 4.98 Å². The molecular weight excluding hydrogens is 386 g/mol. The summed E-state index contributed by atoms with van der Waals surface area (Å²) in [4.78, 5) is 4.85. The number of hydrogen-bond acceptors (Lipinski definition) is 3. The fraction of sp³-hybridized carbons (Fsp3) is 0.148. The predicted octanol–water partition coefficient (Wildman–Crippen LogP) is 8.31. The van der Waals surface area contributed by atoms with Crippen LogP contribution in [-0.2, 0) is 5.41 Å². The van der Waals surface area contributed by atoms with Crippen LogP contribution >= 0.6 is 11.3 Å². The van der Waals surface area contributed by atoms with Gasteiger partial charge in [-0.05, 0) is 46.0 Å². The molecule has 0 amide bonds. The third kappa shape index (κ3) is 2.52. The van der Waals surface area contributed by atoms with Crippen molar-refractivity contribution in [2.45, 2.75) is 26.2 Å². The predicted molar refractivity (Wildman–Crippen MR) is 129 cm³/mol. The molecule has 3 heteroatoms. The number of pyridine rings is 1. The highest BCUT2D eigenvalue weighted by Gasteiger charge is 2.20. The topological polar surface area (TPSA) is 26.0 Å². The fourth-order valence-corrected chi connectivity index (χ4v) is 5.76. The van der Waals surface area contributed by atoms with Crippen LogP contribution in [0.15, 0.2) is 77.5 Å². The van der Waals surface area contributed by atoms with Gasteiger partial charge in [-0.15, -0.1) is 11.3 Å². The number of fused-ring (bicyclic) bond motifs is 6. The molecule has 0 unspecified atom stereocenters. The van der Waals surface area contributed by atoms with Gasteiger partial charge in [-0.25, -0.2) is 0 Å². The fourth-order valence-electron chi connectivity index (χ4n) is 4.46. The maximum Gasteiger partial charge on any atom is 0.151 e. The maximum absolute atomic E-state index is 5.82. The Morgan fingerprint density at radius 3 is 2.50 bits per heavy atom. The van der Waals surface area contributed by atoms with Gasteiger partial charge in [0.1, 0.15) is 0 Å². The summed E-state index contributed by atoms with van der Waals surface area (Å²) in [6.45, 7) is 6.83. The molecule has 0 fully saturated rings. The van der Waals surface area contributed by atoms with Crippen LogP contribution in [0.1, 0.15) is 26.3 Å². The molecule has 0 saturated heterocycles. The second-order valence-electron chi connectivity index (χ2n) is 8.91. The Kier molecular flexibility index (Phi) is 3.63. The Morgan fingerprint density at radius 2 is 1.63 bits per heavy atom. The van der Waals surface area contributed by atoms with E-state index in [1.54, 1.807) is 17.6 Å². The molecule has 0 bridgehead atoms. The molecule has 0 N–H and O–H groups in total. The van der Waals surface area contributed by atoms with E-state index < -0.39 is 0 Å². The summed E-state index contributed by atoms with van der Waals surface area (Å²) in [6.07, 6.45) is 3.70. The van der Waals surface area contributed by atoms with Gasteiger partial charge in [0.15, 0.2) is 5.58 Å². The summed E-state index contributed by atoms with van der Waals surface area (Å²) >= 11 is 1.78. The SMILES string of the molecule is CC(C)(C)c1cc(-c2nccc3c2sc2c3ccc3ccoc32)cc2ccccc12. The van der Waals surface area contributed by atoms with E-state index in [9.17, 15) is 0 Å². The van der Waals surface area contributed by atoms with Crippen molar-refractivity contribution in [2.24, 2.45) is 0 Å². The number of rotatable bonds is 1. The summed E-state index contributed by atoms with van der Waals surface area (Å²) in [5.41, 5.74) is 4.58. The first-order valence-corrected chi connectivity index (χ1v) is 11.0. The van der Waals surface area contributed by atoms with Crippen LogP contribution in [0.25, 0.3) is 53.2 Å². The lowest BCUT2D eigenvalue weighted by molar-refractivity contribution is 0.596. The molecule has 6 rings (SSSR count). The quantitative estimate of drug-likeness (QED) is 0.274. The number of hydrogen-bond donors (Lipinski definition) is 0. The van der Waals surface area contributed by atoms with E-state index >= 15 is 0 Å². The average Bonchev–Trinajstić information content (AvgIpc) is 3.36. The van der Waals surface area contributed by atoms with Crippen LogP contribution in [0.4, 0.5) is 0 Å². The Bertz CT molecular complexity index is 1580. The van der Waals surface area contributed by atoms with Crippen LogP contribution in [0.5, 0.6) is 0 Å². The number of thiophene rings is 1. The van der Waals surface area contributed by atoms with Gasteiger partial charge < -0.3 is 4.42 Å². The smallest absolute Gasteiger partial charge is 0.151 e. The molecule has 2 nitrogen and oxygen atoms in total. The van der Waals surface area contributed by atoms with E-state index in [0.717, 1.165) is 16.7 Å². The molecule has 0 spiro atoms. The van der Waals surface area contributed by atoms with Gasteiger partial charge in [0, 0.05) is 27.9 Å². The van der Waals surface area contributed by atoms with Crippen molar-refractivity contribution < 1.29 is 4.42 Å². The molecule has 6 aromatic rings. The first kappa shape index (κ1) is 17.7. The van der Waals surface area contributed by atoms with E-state index in [4.69, 9.17) is 9.40 Å². The molecule has 0 radical (unpaired) electrons. The van der Waals surface area contributed by atoms with Gasteiger partial charge in [-0.3, -0.25) is 4.98 Å². The zero-order valence-electron chi connectivity index (χ0n) is 17.2. The number of nitrogens with zero attached hydrogens (tertiary/aromatic N) is 1. The Hall–Kier alpha value is -3.17. The van der Waals surface area contributed by atoms with Crippen LogP contribution in [0.3, 0.4) is 0 Å². The van der Waals surface area contributed by atoms with E-state index in [2.05, 4.69) is 75.4 Å². The van der Waals surface area contributed by atoms with E-state index in [1.807, 2.05) is 12.3 Å². The minimum atomic E-state index is 0.0456. The number of furan rings is 1. The summed E-state index contributed by atoms with van der Waals surface area (Å²) < 4.78 is 8.23. The van der Waals surface area contributed by atoms with E-state index in [0.29, 0.717) is 0 Å². The van der Waals surface area contributed by atoms with Crippen LogP contribution in [-0.4, -0.2) is 4.98 Å². The average molecular weight is 408 g/mol. The van der Waals surface area contributed by atoms with Crippen molar-refractivity contribution in [3.05, 3.63) is 78.7 Å². The Morgan fingerprint density at radius 1 is 0.800 bits per heavy atom. The number of aromatic nitrogens is 1. The van der Waals surface area contributed by atoms with Crippen molar-refractivity contribution in [1.29, 1.82) is 0 Å². The van der Waals surface area contributed by atoms with Crippen molar-refractivity contribution in [2.75, 3.05) is 0 Å². The van der Waals surface area contributed by atoms with Gasteiger partial charge in [0.05, 0.1) is 21.4 Å². The van der Waals surface area contributed by atoms with E-state index in [-0.39, 0.29) is 5.41 Å². The Labute approximate surface area is 178 Å². The second-order valence-corrected chi connectivity index (χ2v) is 9.94. The molecular formula is C27H21NOS. The Balaban J connectivity index is 1.71. The highest BCUT2D eigenvalue weighted by Crippen LogP contribution is 2.43.